The van der Waals surface area contributed by atoms with Crippen molar-refractivity contribution in [3.63, 3.8) is 0 Å². The number of nitrogens with one attached hydrogen (secondary N) is 2. The van der Waals surface area contributed by atoms with E-state index in [1.165, 1.54) is 0 Å². The van der Waals surface area contributed by atoms with Crippen LogP contribution in [0, 0.1) is 0 Å². The van der Waals surface area contributed by atoms with Crippen molar-refractivity contribution >= 4 is 17.7 Å². The van der Waals surface area contributed by atoms with Gasteiger partial charge < -0.3 is 20.1 Å². The van der Waals surface area contributed by atoms with Gasteiger partial charge in [-0.3, -0.25) is 4.79 Å². The number of thioether (sulfide) groups is 1. The van der Waals surface area contributed by atoms with E-state index in [4.69, 9.17) is 9.47 Å². The minimum absolute atomic E-state index is 0.0635. The molecule has 1 saturated heterocycles. The van der Waals surface area contributed by atoms with E-state index in [1.807, 2.05) is 36.0 Å². The maximum absolute atomic E-state index is 12.4. The SMILES string of the molecule is C=CCCCC1CSC[C@@H](C(=O)NCc2ccc3c(c2)OCO3)N1. The molecule has 2 atom stereocenters. The Hall–Kier alpha value is -1.66. The minimum atomic E-state index is -0.119. The summed E-state index contributed by atoms with van der Waals surface area (Å²) in [5.41, 5.74) is 1.01. The van der Waals surface area contributed by atoms with Gasteiger partial charge in [0.15, 0.2) is 11.5 Å². The number of ether oxygens (including phenoxy) is 2. The number of fused-ring (bicyclic) bond motifs is 1. The molecule has 3 rings (SSSR count). The zero-order valence-corrected chi connectivity index (χ0v) is 14.6. The number of allylic oxidation sites excluding steroid dienone is 1. The van der Waals surface area contributed by atoms with Gasteiger partial charge in [-0.15, -0.1) is 6.58 Å². The van der Waals surface area contributed by atoms with E-state index in [-0.39, 0.29) is 18.7 Å². The molecule has 5 nitrogen and oxygen atoms in total. The summed E-state index contributed by atoms with van der Waals surface area (Å²) in [5.74, 6) is 3.47. The van der Waals surface area contributed by atoms with Crippen molar-refractivity contribution in [3.05, 3.63) is 36.4 Å². The van der Waals surface area contributed by atoms with Crippen LogP contribution in [0.15, 0.2) is 30.9 Å². The van der Waals surface area contributed by atoms with Crippen LogP contribution < -0.4 is 20.1 Å². The largest absolute Gasteiger partial charge is 0.454 e. The highest BCUT2D eigenvalue weighted by atomic mass is 32.2. The Kier molecular flexibility index (Phi) is 6.04. The first kappa shape index (κ1) is 17.2. The van der Waals surface area contributed by atoms with Crippen molar-refractivity contribution in [2.45, 2.75) is 37.9 Å². The fourth-order valence-corrected chi connectivity index (χ4v) is 4.07. The average molecular weight is 348 g/mol. The summed E-state index contributed by atoms with van der Waals surface area (Å²) in [6, 6.07) is 6.05. The van der Waals surface area contributed by atoms with Crippen LogP contribution in [0.25, 0.3) is 0 Å². The van der Waals surface area contributed by atoms with E-state index in [0.717, 1.165) is 47.8 Å². The molecule has 2 N–H and O–H groups in total. The Balaban J connectivity index is 1.46. The Morgan fingerprint density at radius 1 is 1.38 bits per heavy atom. The predicted molar refractivity (Wildman–Crippen MR) is 96.5 cm³/mol. The fourth-order valence-electron chi connectivity index (χ4n) is 2.90. The van der Waals surface area contributed by atoms with Crippen molar-refractivity contribution in [2.24, 2.45) is 0 Å². The highest BCUT2D eigenvalue weighted by Crippen LogP contribution is 2.32. The van der Waals surface area contributed by atoms with Gasteiger partial charge >= 0.3 is 0 Å². The third-order valence-electron chi connectivity index (χ3n) is 4.22. The second kappa shape index (κ2) is 8.44. The normalized spacial score (nSPS) is 22.2. The number of benzene rings is 1. The molecule has 0 aliphatic carbocycles. The van der Waals surface area contributed by atoms with Crippen LogP contribution in [-0.2, 0) is 11.3 Å². The van der Waals surface area contributed by atoms with Crippen LogP contribution >= 0.6 is 11.8 Å². The quantitative estimate of drug-likeness (QED) is 0.585. The van der Waals surface area contributed by atoms with E-state index in [0.29, 0.717) is 12.6 Å². The second-order valence-corrected chi connectivity index (χ2v) is 7.15. The maximum Gasteiger partial charge on any atom is 0.238 e. The highest BCUT2D eigenvalue weighted by Gasteiger charge is 2.26. The number of hydrogen-bond acceptors (Lipinski definition) is 5. The van der Waals surface area contributed by atoms with Gasteiger partial charge in [-0.05, 0) is 37.0 Å². The topological polar surface area (TPSA) is 59.6 Å². The summed E-state index contributed by atoms with van der Waals surface area (Å²) in [6.07, 6.45) is 5.19. The fraction of sp³-hybridized carbons (Fsp3) is 0.500. The van der Waals surface area contributed by atoms with E-state index in [1.54, 1.807) is 0 Å². The van der Waals surface area contributed by atoms with Gasteiger partial charge in [0.1, 0.15) is 0 Å². The second-order valence-electron chi connectivity index (χ2n) is 6.08. The molecule has 0 spiro atoms. The molecule has 0 aromatic heterocycles. The lowest BCUT2D eigenvalue weighted by molar-refractivity contribution is -0.123. The van der Waals surface area contributed by atoms with E-state index < -0.39 is 0 Å². The third-order valence-corrected chi connectivity index (χ3v) is 5.43. The van der Waals surface area contributed by atoms with Crippen LogP contribution in [0.2, 0.25) is 0 Å². The third kappa shape index (κ3) is 4.45. The molecule has 2 aliphatic rings. The summed E-state index contributed by atoms with van der Waals surface area (Å²) in [4.78, 5) is 12.4. The standard InChI is InChI=1S/C18H24N2O3S/c1-2-3-4-5-14-10-24-11-15(20-14)18(21)19-9-13-6-7-16-17(8-13)23-12-22-16/h2,6-8,14-15,20H,1,3-5,9-12H2,(H,19,21)/t14?,15-/m0/s1. The molecule has 1 aromatic carbocycles. The number of hydrogen-bond donors (Lipinski definition) is 2. The van der Waals surface area contributed by atoms with Gasteiger partial charge in [0.25, 0.3) is 0 Å². The van der Waals surface area contributed by atoms with Gasteiger partial charge in [0.05, 0.1) is 6.04 Å². The van der Waals surface area contributed by atoms with Crippen molar-refractivity contribution in [1.29, 1.82) is 0 Å². The average Bonchev–Trinajstić information content (AvgIpc) is 3.08. The molecular formula is C18H24N2O3S. The van der Waals surface area contributed by atoms with E-state index in [9.17, 15) is 4.79 Å². The van der Waals surface area contributed by atoms with Gasteiger partial charge in [-0.2, -0.15) is 11.8 Å². The van der Waals surface area contributed by atoms with Crippen LogP contribution in [0.3, 0.4) is 0 Å². The number of amides is 1. The van der Waals surface area contributed by atoms with Gasteiger partial charge in [0.2, 0.25) is 12.7 Å². The van der Waals surface area contributed by atoms with Gasteiger partial charge in [-0.1, -0.05) is 12.1 Å². The molecule has 0 bridgehead atoms. The minimum Gasteiger partial charge on any atom is -0.454 e. The molecule has 1 fully saturated rings. The van der Waals surface area contributed by atoms with Gasteiger partial charge in [0, 0.05) is 24.1 Å². The van der Waals surface area contributed by atoms with Crippen LogP contribution in [0.4, 0.5) is 0 Å². The summed E-state index contributed by atoms with van der Waals surface area (Å²) in [5, 5.41) is 6.50. The monoisotopic (exact) mass is 348 g/mol. The molecule has 1 amide bonds. The van der Waals surface area contributed by atoms with Crippen LogP contribution in [-0.4, -0.2) is 36.3 Å². The Bertz CT molecular complexity index is 594. The Labute approximate surface area is 147 Å². The first-order valence-corrected chi connectivity index (χ1v) is 9.52. The Morgan fingerprint density at radius 2 is 2.25 bits per heavy atom. The Morgan fingerprint density at radius 3 is 3.12 bits per heavy atom. The first-order chi connectivity index (χ1) is 11.8. The smallest absolute Gasteiger partial charge is 0.238 e. The lowest BCUT2D eigenvalue weighted by atomic mass is 10.1. The van der Waals surface area contributed by atoms with Crippen molar-refractivity contribution in [3.8, 4) is 11.5 Å². The molecule has 6 heteroatoms. The summed E-state index contributed by atoms with van der Waals surface area (Å²) in [7, 11) is 0. The number of carbonyl (C=O) groups excluding carboxylic acids is 1. The predicted octanol–water partition coefficient (Wildman–Crippen LogP) is 2.46. The van der Waals surface area contributed by atoms with Crippen molar-refractivity contribution < 1.29 is 14.3 Å². The van der Waals surface area contributed by atoms with Crippen molar-refractivity contribution in [1.82, 2.24) is 10.6 Å². The first-order valence-electron chi connectivity index (χ1n) is 8.37. The molecule has 1 aromatic rings. The summed E-state index contributed by atoms with van der Waals surface area (Å²) < 4.78 is 10.7. The number of carbonyl (C=O) groups is 1. The molecule has 24 heavy (non-hydrogen) atoms. The molecule has 1 unspecified atom stereocenters. The van der Waals surface area contributed by atoms with Crippen LogP contribution in [0.5, 0.6) is 11.5 Å². The van der Waals surface area contributed by atoms with E-state index >= 15 is 0 Å². The zero-order chi connectivity index (χ0) is 16.8. The summed E-state index contributed by atoms with van der Waals surface area (Å²) >= 11 is 1.85. The lowest BCUT2D eigenvalue weighted by Crippen LogP contribution is -2.53. The highest BCUT2D eigenvalue weighted by molar-refractivity contribution is 7.99. The zero-order valence-electron chi connectivity index (χ0n) is 13.8. The molecule has 2 aliphatic heterocycles. The number of unbranched alkanes of at least 4 members (excludes halogenated alkanes) is 1. The van der Waals surface area contributed by atoms with Gasteiger partial charge in [-0.25, -0.2) is 0 Å². The maximum atomic E-state index is 12.4. The van der Waals surface area contributed by atoms with Crippen LogP contribution in [0.1, 0.15) is 24.8 Å². The molecule has 0 radical (unpaired) electrons. The van der Waals surface area contributed by atoms with Crippen molar-refractivity contribution in [2.75, 3.05) is 18.3 Å². The number of rotatable bonds is 7. The summed E-state index contributed by atoms with van der Waals surface area (Å²) in [6.45, 7) is 4.52. The molecule has 130 valence electrons. The molecule has 0 saturated carbocycles. The molecular weight excluding hydrogens is 324 g/mol. The molecule has 2 heterocycles. The van der Waals surface area contributed by atoms with E-state index in [2.05, 4.69) is 17.2 Å². The lowest BCUT2D eigenvalue weighted by Gasteiger charge is -2.30.